The lowest BCUT2D eigenvalue weighted by atomic mass is 10.0. The van der Waals surface area contributed by atoms with Crippen LogP contribution in [0, 0.1) is 0 Å². The first-order valence-electron chi connectivity index (χ1n) is 9.76. The van der Waals surface area contributed by atoms with Crippen LogP contribution in [0.2, 0.25) is 0 Å². The summed E-state index contributed by atoms with van der Waals surface area (Å²) in [6.45, 7) is 8.93. The van der Waals surface area contributed by atoms with Crippen molar-refractivity contribution < 1.29 is 4.74 Å². The second kappa shape index (κ2) is 9.19. The number of ether oxygens (including phenoxy) is 1. The fourth-order valence-electron chi connectivity index (χ4n) is 3.67. The number of benzene rings is 1. The predicted octanol–water partition coefficient (Wildman–Crippen LogP) is 2.68. The van der Waals surface area contributed by atoms with Gasteiger partial charge in [0.1, 0.15) is 11.6 Å². The maximum atomic E-state index is 5.59. The van der Waals surface area contributed by atoms with E-state index in [4.69, 9.17) is 4.74 Å². The third kappa shape index (κ3) is 4.86. The fraction of sp³-hybridized carbons (Fsp3) is 0.571. The van der Waals surface area contributed by atoms with Gasteiger partial charge in [-0.15, -0.1) is 0 Å². The Bertz CT molecular complexity index is 689. The van der Waals surface area contributed by atoms with E-state index in [1.165, 1.54) is 50.3 Å². The van der Waals surface area contributed by atoms with Crippen LogP contribution in [0.4, 0.5) is 0 Å². The van der Waals surface area contributed by atoms with Crippen LogP contribution < -0.4 is 4.74 Å². The molecule has 1 fully saturated rings. The lowest BCUT2D eigenvalue weighted by Crippen LogP contribution is -2.44. The molecule has 0 amide bonds. The van der Waals surface area contributed by atoms with E-state index in [0.29, 0.717) is 0 Å². The van der Waals surface area contributed by atoms with Gasteiger partial charge in [-0.1, -0.05) is 19.1 Å². The molecule has 0 spiro atoms. The van der Waals surface area contributed by atoms with Crippen LogP contribution in [-0.2, 0) is 19.4 Å². The van der Waals surface area contributed by atoms with Gasteiger partial charge in [-0.25, -0.2) is 4.98 Å². The smallest absolute Gasteiger partial charge is 0.123 e. The van der Waals surface area contributed by atoms with Crippen molar-refractivity contribution in [2.75, 3.05) is 46.9 Å². The molecule has 1 aromatic heterocycles. The molecule has 0 atom stereocenters. The highest BCUT2D eigenvalue weighted by atomic mass is 16.5. The molecule has 0 N–H and O–H groups in total. The van der Waals surface area contributed by atoms with Gasteiger partial charge in [-0.2, -0.15) is 0 Å². The number of imidazole rings is 1. The van der Waals surface area contributed by atoms with Gasteiger partial charge in [0.25, 0.3) is 0 Å². The monoisotopic (exact) mass is 356 g/mol. The highest BCUT2D eigenvalue weighted by molar-refractivity contribution is 5.37. The molecular weight excluding hydrogens is 324 g/mol. The van der Waals surface area contributed by atoms with Gasteiger partial charge < -0.3 is 19.1 Å². The lowest BCUT2D eigenvalue weighted by Gasteiger charge is -2.32. The van der Waals surface area contributed by atoms with Crippen LogP contribution in [0.3, 0.4) is 0 Å². The molecule has 1 aromatic carbocycles. The van der Waals surface area contributed by atoms with Crippen molar-refractivity contribution in [3.05, 3.63) is 47.5 Å². The van der Waals surface area contributed by atoms with E-state index in [0.717, 1.165) is 31.0 Å². The van der Waals surface area contributed by atoms with Crippen molar-refractivity contribution in [3.8, 4) is 5.75 Å². The Morgan fingerprint density at radius 1 is 1.15 bits per heavy atom. The van der Waals surface area contributed by atoms with Gasteiger partial charge in [0.2, 0.25) is 0 Å². The van der Waals surface area contributed by atoms with E-state index < -0.39 is 0 Å². The second-order valence-corrected chi connectivity index (χ2v) is 7.22. The number of methoxy groups -OCH3 is 1. The summed E-state index contributed by atoms with van der Waals surface area (Å²) >= 11 is 0. The summed E-state index contributed by atoms with van der Waals surface area (Å²) in [7, 11) is 3.96. The molecule has 5 heteroatoms. The minimum Gasteiger partial charge on any atom is -0.496 e. The van der Waals surface area contributed by atoms with Crippen LogP contribution in [0.5, 0.6) is 5.75 Å². The third-order valence-corrected chi connectivity index (χ3v) is 5.34. The summed E-state index contributed by atoms with van der Waals surface area (Å²) in [5, 5.41) is 0. The average molecular weight is 357 g/mol. The van der Waals surface area contributed by atoms with E-state index in [1.54, 1.807) is 7.11 Å². The van der Waals surface area contributed by atoms with Gasteiger partial charge in [0.15, 0.2) is 0 Å². The van der Waals surface area contributed by atoms with E-state index in [2.05, 4.69) is 57.7 Å². The Labute approximate surface area is 157 Å². The molecule has 0 saturated carbocycles. The third-order valence-electron chi connectivity index (χ3n) is 5.34. The van der Waals surface area contributed by atoms with Crippen molar-refractivity contribution in [2.45, 2.75) is 32.7 Å². The molecule has 2 heterocycles. The summed E-state index contributed by atoms with van der Waals surface area (Å²) in [4.78, 5) is 9.43. The van der Waals surface area contributed by atoms with Gasteiger partial charge in [-0.3, -0.25) is 0 Å². The normalized spacial score (nSPS) is 16.1. The van der Waals surface area contributed by atoms with Crippen LogP contribution in [0.25, 0.3) is 0 Å². The zero-order chi connectivity index (χ0) is 18.4. The highest BCUT2D eigenvalue weighted by Crippen LogP contribution is 2.22. The fourth-order valence-corrected chi connectivity index (χ4v) is 3.67. The first-order valence-corrected chi connectivity index (χ1v) is 9.76. The predicted molar refractivity (Wildman–Crippen MR) is 106 cm³/mol. The summed E-state index contributed by atoms with van der Waals surface area (Å²) in [5.74, 6) is 2.08. The Hall–Kier alpha value is -1.85. The van der Waals surface area contributed by atoms with Gasteiger partial charge in [0.05, 0.1) is 13.7 Å². The summed E-state index contributed by atoms with van der Waals surface area (Å²) in [6, 6.07) is 6.63. The van der Waals surface area contributed by atoms with Crippen molar-refractivity contribution in [1.29, 1.82) is 0 Å². The Kier molecular flexibility index (Phi) is 6.69. The zero-order valence-corrected chi connectivity index (χ0v) is 16.4. The lowest BCUT2D eigenvalue weighted by molar-refractivity contribution is 0.153. The molecule has 3 rings (SSSR count). The molecule has 5 nitrogen and oxygen atoms in total. The van der Waals surface area contributed by atoms with E-state index in [1.807, 2.05) is 6.20 Å². The number of aryl methyl sites for hydroxylation is 2. The van der Waals surface area contributed by atoms with E-state index in [9.17, 15) is 0 Å². The quantitative estimate of drug-likeness (QED) is 0.728. The van der Waals surface area contributed by atoms with Gasteiger partial charge in [0, 0.05) is 50.6 Å². The maximum absolute atomic E-state index is 5.59. The second-order valence-electron chi connectivity index (χ2n) is 7.22. The molecule has 142 valence electrons. The number of nitrogens with zero attached hydrogens (tertiary/aromatic N) is 4. The van der Waals surface area contributed by atoms with Crippen molar-refractivity contribution >= 4 is 0 Å². The molecule has 0 radical (unpaired) electrons. The van der Waals surface area contributed by atoms with E-state index in [-0.39, 0.29) is 0 Å². The standard InChI is InChI=1S/C21H32N4O/c1-4-21-22-9-11-25(21)17-19-16-18(7-8-20(19)26-3)6-5-10-24-14-12-23(2)13-15-24/h7-9,11,16H,4-6,10,12-15,17H2,1-3H3. The molecule has 0 bridgehead atoms. The van der Waals surface area contributed by atoms with Crippen molar-refractivity contribution in [3.63, 3.8) is 0 Å². The van der Waals surface area contributed by atoms with Gasteiger partial charge in [-0.05, 0) is 38.1 Å². The number of piperazine rings is 1. The van der Waals surface area contributed by atoms with Crippen molar-refractivity contribution in [2.24, 2.45) is 0 Å². The SMILES string of the molecule is CCc1nccn1Cc1cc(CCCN2CCN(C)CC2)ccc1OC. The average Bonchev–Trinajstić information content (AvgIpc) is 3.11. The minimum atomic E-state index is 0.818. The Balaban J connectivity index is 1.60. The summed E-state index contributed by atoms with van der Waals surface area (Å²) in [6.07, 6.45) is 7.21. The van der Waals surface area contributed by atoms with Crippen LogP contribution in [-0.4, -0.2) is 66.2 Å². The van der Waals surface area contributed by atoms with E-state index >= 15 is 0 Å². The minimum absolute atomic E-state index is 0.818. The number of likely N-dealkylation sites (N-methyl/N-ethyl adjacent to an activating group) is 1. The summed E-state index contributed by atoms with van der Waals surface area (Å²) in [5.41, 5.74) is 2.63. The van der Waals surface area contributed by atoms with Crippen LogP contribution in [0.15, 0.2) is 30.6 Å². The largest absolute Gasteiger partial charge is 0.496 e. The molecule has 0 unspecified atom stereocenters. The van der Waals surface area contributed by atoms with Crippen LogP contribution in [0.1, 0.15) is 30.3 Å². The molecule has 0 aliphatic carbocycles. The Morgan fingerprint density at radius 2 is 1.96 bits per heavy atom. The molecule has 1 aliphatic rings. The molecule has 1 saturated heterocycles. The Morgan fingerprint density at radius 3 is 2.69 bits per heavy atom. The highest BCUT2D eigenvalue weighted by Gasteiger charge is 2.13. The number of hydrogen-bond donors (Lipinski definition) is 0. The first-order chi connectivity index (χ1) is 12.7. The number of aromatic nitrogens is 2. The number of hydrogen-bond acceptors (Lipinski definition) is 4. The van der Waals surface area contributed by atoms with Crippen LogP contribution >= 0.6 is 0 Å². The molecular formula is C21H32N4O. The zero-order valence-electron chi connectivity index (χ0n) is 16.4. The van der Waals surface area contributed by atoms with Crippen molar-refractivity contribution in [1.82, 2.24) is 19.4 Å². The first kappa shape index (κ1) is 18.9. The summed E-state index contributed by atoms with van der Waals surface area (Å²) < 4.78 is 7.80. The molecule has 1 aliphatic heterocycles. The molecule has 2 aromatic rings. The molecule has 26 heavy (non-hydrogen) atoms. The number of rotatable bonds is 8. The maximum Gasteiger partial charge on any atom is 0.123 e. The van der Waals surface area contributed by atoms with Gasteiger partial charge >= 0.3 is 0 Å². The topological polar surface area (TPSA) is 33.5 Å².